The van der Waals surface area contributed by atoms with Crippen LogP contribution in [0.3, 0.4) is 0 Å². The van der Waals surface area contributed by atoms with Crippen molar-refractivity contribution >= 4 is 34.6 Å². The first-order valence-electron chi connectivity index (χ1n) is 4.07. The van der Waals surface area contributed by atoms with E-state index in [9.17, 15) is 4.79 Å². The summed E-state index contributed by atoms with van der Waals surface area (Å²) in [5, 5.41) is 8.87. The molecule has 0 fully saturated rings. The predicted molar refractivity (Wildman–Crippen MR) is 59.8 cm³/mol. The molecule has 1 rings (SSSR count). The minimum Gasteiger partial charge on any atom is -0.396 e. The Morgan fingerprint density at radius 2 is 2.36 bits per heavy atom. The third-order valence-electron chi connectivity index (χ3n) is 1.62. The Bertz CT molecular complexity index is 404. The zero-order valence-corrected chi connectivity index (χ0v) is 9.59. The number of thioether (sulfide) groups is 1. The zero-order valence-electron chi connectivity index (χ0n) is 7.96. The lowest BCUT2D eigenvalue weighted by Crippen LogP contribution is -1.95. The molecule has 0 saturated carbocycles. The fourth-order valence-corrected chi connectivity index (χ4v) is 3.22. The van der Waals surface area contributed by atoms with Crippen LogP contribution in [0.1, 0.15) is 29.1 Å². The average Bonchev–Trinajstić information content (AvgIpc) is 2.43. The molecule has 5 heteroatoms. The van der Waals surface area contributed by atoms with Crippen LogP contribution in [0.15, 0.2) is 4.21 Å². The number of carbonyl (C=O) groups excluding carboxylic acids is 1. The van der Waals surface area contributed by atoms with Gasteiger partial charge in [0.1, 0.15) is 11.6 Å². The van der Waals surface area contributed by atoms with Gasteiger partial charge in [0.2, 0.25) is 0 Å². The molecule has 0 aliphatic rings. The standard InChI is InChI=1S/C9H10N2OS2/c1-3-13-9-6(4-10)7(11)8(14-9)5(2)12/h3,11H2,1-2H3. The Kier molecular flexibility index (Phi) is 3.55. The first kappa shape index (κ1) is 11.1. The van der Waals surface area contributed by atoms with Crippen LogP contribution in [0.5, 0.6) is 0 Å². The maximum atomic E-state index is 11.2. The molecule has 74 valence electrons. The Labute approximate surface area is 90.9 Å². The number of Topliss-reactive ketones (excluding diaryl/α,β-unsaturated/α-hetero) is 1. The van der Waals surface area contributed by atoms with Gasteiger partial charge in [-0.3, -0.25) is 4.79 Å². The topological polar surface area (TPSA) is 66.9 Å². The summed E-state index contributed by atoms with van der Waals surface area (Å²) < 4.78 is 0.845. The molecule has 1 heterocycles. The highest BCUT2D eigenvalue weighted by Gasteiger charge is 2.18. The number of nitrogens with two attached hydrogens (primary N) is 1. The van der Waals surface area contributed by atoms with Gasteiger partial charge in [-0.05, 0) is 5.75 Å². The van der Waals surface area contributed by atoms with E-state index in [1.54, 1.807) is 11.8 Å². The van der Waals surface area contributed by atoms with E-state index in [0.717, 1.165) is 9.96 Å². The number of carbonyl (C=O) groups is 1. The van der Waals surface area contributed by atoms with Crippen LogP contribution < -0.4 is 5.73 Å². The van der Waals surface area contributed by atoms with E-state index >= 15 is 0 Å². The van der Waals surface area contributed by atoms with Gasteiger partial charge in [0.15, 0.2) is 5.78 Å². The molecule has 0 aliphatic heterocycles. The number of thiophene rings is 1. The molecule has 1 aromatic rings. The summed E-state index contributed by atoms with van der Waals surface area (Å²) in [6, 6.07) is 2.04. The average molecular weight is 226 g/mol. The molecule has 0 spiro atoms. The lowest BCUT2D eigenvalue weighted by Gasteiger charge is -1.92. The third-order valence-corrected chi connectivity index (χ3v) is 4.08. The quantitative estimate of drug-likeness (QED) is 0.635. The van der Waals surface area contributed by atoms with Crippen molar-refractivity contribution in [3.8, 4) is 6.07 Å². The third kappa shape index (κ3) is 1.91. The number of ketones is 1. The van der Waals surface area contributed by atoms with Gasteiger partial charge in [0, 0.05) is 6.92 Å². The van der Waals surface area contributed by atoms with E-state index in [2.05, 4.69) is 0 Å². The Balaban J connectivity index is 3.26. The highest BCUT2D eigenvalue weighted by atomic mass is 32.2. The molecule has 0 unspecified atom stereocenters. The van der Waals surface area contributed by atoms with Crippen LogP contribution in [-0.4, -0.2) is 11.5 Å². The van der Waals surface area contributed by atoms with Crippen LogP contribution in [0.25, 0.3) is 0 Å². The van der Waals surface area contributed by atoms with Crippen molar-refractivity contribution in [2.75, 3.05) is 11.5 Å². The zero-order chi connectivity index (χ0) is 10.7. The molecule has 0 atom stereocenters. The van der Waals surface area contributed by atoms with Crippen molar-refractivity contribution in [3.63, 3.8) is 0 Å². The van der Waals surface area contributed by atoms with Crippen molar-refractivity contribution in [1.82, 2.24) is 0 Å². The Morgan fingerprint density at radius 1 is 1.71 bits per heavy atom. The Morgan fingerprint density at radius 3 is 2.79 bits per heavy atom. The maximum Gasteiger partial charge on any atom is 0.171 e. The molecule has 0 radical (unpaired) electrons. The summed E-state index contributed by atoms with van der Waals surface area (Å²) in [5.41, 5.74) is 6.48. The summed E-state index contributed by atoms with van der Waals surface area (Å²) in [4.78, 5) is 11.7. The molecular weight excluding hydrogens is 216 g/mol. The fourth-order valence-electron chi connectivity index (χ4n) is 1.02. The number of rotatable bonds is 3. The highest BCUT2D eigenvalue weighted by molar-refractivity contribution is 8.01. The van der Waals surface area contributed by atoms with Crippen LogP contribution in [-0.2, 0) is 0 Å². The number of hydrogen-bond acceptors (Lipinski definition) is 5. The van der Waals surface area contributed by atoms with E-state index in [1.807, 2.05) is 13.0 Å². The second-order valence-electron chi connectivity index (χ2n) is 2.61. The van der Waals surface area contributed by atoms with Gasteiger partial charge < -0.3 is 5.73 Å². The summed E-state index contributed by atoms with van der Waals surface area (Å²) in [7, 11) is 0. The SMILES string of the molecule is CCSc1sc(C(C)=O)c(N)c1C#N. The number of hydrogen-bond donors (Lipinski definition) is 1. The van der Waals surface area contributed by atoms with E-state index in [1.165, 1.54) is 18.3 Å². The minimum atomic E-state index is -0.0769. The summed E-state index contributed by atoms with van der Waals surface area (Å²) >= 11 is 2.85. The number of anilines is 1. The fraction of sp³-hybridized carbons (Fsp3) is 0.333. The van der Waals surface area contributed by atoms with Crippen LogP contribution in [0, 0.1) is 11.3 Å². The minimum absolute atomic E-state index is 0.0769. The van der Waals surface area contributed by atoms with Gasteiger partial charge in [-0.1, -0.05) is 6.92 Å². The largest absolute Gasteiger partial charge is 0.396 e. The molecule has 0 amide bonds. The molecular formula is C9H10N2OS2. The smallest absolute Gasteiger partial charge is 0.171 e. The van der Waals surface area contributed by atoms with Gasteiger partial charge in [0.05, 0.1) is 14.8 Å². The van der Waals surface area contributed by atoms with Gasteiger partial charge in [-0.2, -0.15) is 5.26 Å². The van der Waals surface area contributed by atoms with Gasteiger partial charge in [-0.25, -0.2) is 0 Å². The van der Waals surface area contributed by atoms with Gasteiger partial charge in [0.25, 0.3) is 0 Å². The van der Waals surface area contributed by atoms with E-state index in [-0.39, 0.29) is 5.78 Å². The van der Waals surface area contributed by atoms with Crippen molar-refractivity contribution in [2.24, 2.45) is 0 Å². The van der Waals surface area contributed by atoms with Crippen LogP contribution >= 0.6 is 23.1 Å². The predicted octanol–water partition coefficient (Wildman–Crippen LogP) is 2.52. The maximum absolute atomic E-state index is 11.2. The molecule has 0 bridgehead atoms. The Hall–Kier alpha value is -0.990. The molecule has 1 aromatic heterocycles. The highest BCUT2D eigenvalue weighted by Crippen LogP contribution is 2.37. The normalized spacial score (nSPS) is 9.79. The number of nitrogens with zero attached hydrogens (tertiary/aromatic N) is 1. The molecule has 0 saturated heterocycles. The lowest BCUT2D eigenvalue weighted by atomic mass is 10.2. The van der Waals surface area contributed by atoms with E-state index in [0.29, 0.717) is 16.1 Å². The molecule has 0 aromatic carbocycles. The van der Waals surface area contributed by atoms with Gasteiger partial charge in [-0.15, -0.1) is 23.1 Å². The lowest BCUT2D eigenvalue weighted by molar-refractivity contribution is 0.102. The first-order chi connectivity index (χ1) is 6.61. The number of nitrogen functional groups attached to an aromatic ring is 1. The molecule has 3 nitrogen and oxygen atoms in total. The monoisotopic (exact) mass is 226 g/mol. The van der Waals surface area contributed by atoms with E-state index in [4.69, 9.17) is 11.0 Å². The second kappa shape index (κ2) is 4.49. The van der Waals surface area contributed by atoms with E-state index < -0.39 is 0 Å². The molecule has 14 heavy (non-hydrogen) atoms. The van der Waals surface area contributed by atoms with Crippen molar-refractivity contribution in [2.45, 2.75) is 18.1 Å². The second-order valence-corrected chi connectivity index (χ2v) is 5.16. The van der Waals surface area contributed by atoms with Crippen LogP contribution in [0.2, 0.25) is 0 Å². The summed E-state index contributed by atoms with van der Waals surface area (Å²) in [6.45, 7) is 3.46. The van der Waals surface area contributed by atoms with Crippen molar-refractivity contribution in [1.29, 1.82) is 5.26 Å². The first-order valence-corrected chi connectivity index (χ1v) is 5.88. The van der Waals surface area contributed by atoms with Crippen LogP contribution in [0.4, 0.5) is 5.69 Å². The molecule has 2 N–H and O–H groups in total. The summed E-state index contributed by atoms with van der Waals surface area (Å²) in [5.74, 6) is 0.790. The number of nitriles is 1. The molecule has 0 aliphatic carbocycles. The van der Waals surface area contributed by atoms with Crippen molar-refractivity contribution < 1.29 is 4.79 Å². The van der Waals surface area contributed by atoms with Gasteiger partial charge >= 0.3 is 0 Å². The summed E-state index contributed by atoms with van der Waals surface area (Å²) in [6.07, 6.45) is 0. The van der Waals surface area contributed by atoms with Crippen molar-refractivity contribution in [3.05, 3.63) is 10.4 Å².